The first-order valence-corrected chi connectivity index (χ1v) is 9.61. The number of rotatable bonds is 2. The normalized spacial score (nSPS) is 16.1. The molecule has 1 aliphatic heterocycles. The van der Waals surface area contributed by atoms with Crippen molar-refractivity contribution in [3.63, 3.8) is 0 Å². The van der Waals surface area contributed by atoms with Gasteiger partial charge in [-0.2, -0.15) is 0 Å². The second-order valence-electron chi connectivity index (χ2n) is 4.85. The van der Waals surface area contributed by atoms with E-state index in [1.165, 1.54) is 0 Å². The van der Waals surface area contributed by atoms with Crippen molar-refractivity contribution in [1.82, 2.24) is 4.90 Å². The molecule has 3 rings (SSSR count). The summed E-state index contributed by atoms with van der Waals surface area (Å²) in [6.45, 7) is 0. The number of amides is 2. The zero-order chi connectivity index (χ0) is 17.3. The molecule has 0 saturated carbocycles. The van der Waals surface area contributed by atoms with Gasteiger partial charge in [0.05, 0.1) is 10.5 Å². The largest absolute Gasteiger partial charge is 0.273 e. The fraction of sp³-hybridized carbons (Fsp3) is 0. The van der Waals surface area contributed by atoms with Crippen LogP contribution in [0.5, 0.6) is 0 Å². The molecule has 1 heterocycles. The molecule has 0 atom stereocenters. The summed E-state index contributed by atoms with van der Waals surface area (Å²) in [4.78, 5) is 26.8. The number of thiocarbonyl (C=S) groups is 1. The van der Waals surface area contributed by atoms with E-state index in [4.69, 9.17) is 12.2 Å². The summed E-state index contributed by atoms with van der Waals surface area (Å²) in [6.07, 6.45) is 1.74. The van der Waals surface area contributed by atoms with Gasteiger partial charge in [0.2, 0.25) is 0 Å². The second-order valence-corrected chi connectivity index (χ2v) is 8.30. The van der Waals surface area contributed by atoms with Crippen molar-refractivity contribution in [2.24, 2.45) is 0 Å². The number of carbonyl (C=O) groups is 2. The van der Waals surface area contributed by atoms with Gasteiger partial charge in [0.15, 0.2) is 4.32 Å². The van der Waals surface area contributed by atoms with Crippen LogP contribution in [0.4, 0.5) is 0 Å². The van der Waals surface area contributed by atoms with Crippen LogP contribution in [-0.2, 0) is 4.79 Å². The minimum atomic E-state index is -0.427. The fourth-order valence-corrected chi connectivity index (χ4v) is 4.08. The molecule has 1 saturated heterocycles. The van der Waals surface area contributed by atoms with E-state index in [2.05, 4.69) is 31.9 Å². The molecule has 3 nitrogen and oxygen atoms in total. The Balaban J connectivity index is 1.91. The molecule has 0 unspecified atom stereocenters. The monoisotopic (exact) mass is 481 g/mol. The maximum atomic E-state index is 12.7. The van der Waals surface area contributed by atoms with Crippen LogP contribution < -0.4 is 0 Å². The first-order valence-electron chi connectivity index (χ1n) is 6.80. The van der Waals surface area contributed by atoms with Gasteiger partial charge in [0, 0.05) is 8.95 Å². The van der Waals surface area contributed by atoms with Crippen LogP contribution in [0, 0.1) is 0 Å². The summed E-state index contributed by atoms with van der Waals surface area (Å²) >= 11 is 13.1. The molecule has 0 aliphatic carbocycles. The maximum absolute atomic E-state index is 12.7. The smallest absolute Gasteiger partial charge is 0.268 e. The number of imide groups is 1. The number of carbonyl (C=O) groups excluding carboxylic acids is 2. The maximum Gasteiger partial charge on any atom is 0.273 e. The van der Waals surface area contributed by atoms with Gasteiger partial charge >= 0.3 is 0 Å². The molecule has 0 N–H and O–H groups in total. The van der Waals surface area contributed by atoms with Crippen LogP contribution in [0.3, 0.4) is 0 Å². The van der Waals surface area contributed by atoms with E-state index in [-0.39, 0.29) is 4.32 Å². The summed E-state index contributed by atoms with van der Waals surface area (Å²) in [5.74, 6) is -0.821. The summed E-state index contributed by atoms with van der Waals surface area (Å²) in [5.41, 5.74) is 1.27. The lowest BCUT2D eigenvalue weighted by Crippen LogP contribution is -2.34. The molecule has 24 heavy (non-hydrogen) atoms. The van der Waals surface area contributed by atoms with Crippen molar-refractivity contribution in [3.05, 3.63) is 73.5 Å². The van der Waals surface area contributed by atoms with Gasteiger partial charge < -0.3 is 0 Å². The molecule has 0 radical (unpaired) electrons. The molecule has 0 bridgehead atoms. The summed E-state index contributed by atoms with van der Waals surface area (Å²) in [7, 11) is 0. The molecular formula is C17H9Br2NO2S2. The van der Waals surface area contributed by atoms with E-state index in [0.717, 1.165) is 26.7 Å². The molecule has 1 aliphatic rings. The Morgan fingerprint density at radius 2 is 1.75 bits per heavy atom. The predicted molar refractivity (Wildman–Crippen MR) is 108 cm³/mol. The third-order valence-electron chi connectivity index (χ3n) is 3.27. The van der Waals surface area contributed by atoms with Crippen LogP contribution >= 0.6 is 55.8 Å². The van der Waals surface area contributed by atoms with Crippen LogP contribution in [0.1, 0.15) is 15.9 Å². The van der Waals surface area contributed by atoms with Crippen molar-refractivity contribution >= 4 is 78.1 Å². The molecule has 2 aromatic carbocycles. The molecule has 2 aromatic rings. The Bertz CT molecular complexity index is 878. The van der Waals surface area contributed by atoms with Crippen LogP contribution in [0.25, 0.3) is 6.08 Å². The van der Waals surface area contributed by atoms with Gasteiger partial charge in [-0.15, -0.1) is 0 Å². The highest BCUT2D eigenvalue weighted by molar-refractivity contribution is 9.10. The Hall–Kier alpha value is -1.28. The Morgan fingerprint density at radius 3 is 2.42 bits per heavy atom. The van der Waals surface area contributed by atoms with Crippen molar-refractivity contribution in [2.45, 2.75) is 0 Å². The number of thioether (sulfide) groups is 1. The zero-order valence-corrected chi connectivity index (χ0v) is 16.8. The van der Waals surface area contributed by atoms with E-state index in [1.807, 2.05) is 24.3 Å². The van der Waals surface area contributed by atoms with E-state index < -0.39 is 11.8 Å². The average Bonchev–Trinajstić information content (AvgIpc) is 2.83. The highest BCUT2D eigenvalue weighted by atomic mass is 79.9. The second kappa shape index (κ2) is 7.31. The average molecular weight is 483 g/mol. The standard InChI is InChI=1S/C17H9Br2NO2S2/c18-11-7-5-10(6-8-11)9-14-16(22)20(17(23)24-14)15(21)12-3-1-2-4-13(12)19/h1-9H/b14-9+. The lowest BCUT2D eigenvalue weighted by atomic mass is 10.2. The lowest BCUT2D eigenvalue weighted by molar-refractivity contribution is -0.120. The molecule has 7 heteroatoms. The lowest BCUT2D eigenvalue weighted by Gasteiger charge is -2.13. The van der Waals surface area contributed by atoms with E-state index in [0.29, 0.717) is 14.9 Å². The first kappa shape index (κ1) is 17.5. The minimum Gasteiger partial charge on any atom is -0.268 e. The third kappa shape index (κ3) is 3.54. The number of hydrogen-bond acceptors (Lipinski definition) is 4. The Kier molecular flexibility index (Phi) is 5.34. The topological polar surface area (TPSA) is 37.4 Å². The Labute approximate surface area is 165 Å². The van der Waals surface area contributed by atoms with Crippen LogP contribution in [-0.4, -0.2) is 21.0 Å². The van der Waals surface area contributed by atoms with Gasteiger partial charge in [0.1, 0.15) is 0 Å². The highest BCUT2D eigenvalue weighted by Gasteiger charge is 2.37. The highest BCUT2D eigenvalue weighted by Crippen LogP contribution is 2.34. The van der Waals surface area contributed by atoms with Crippen molar-refractivity contribution < 1.29 is 9.59 Å². The van der Waals surface area contributed by atoms with Gasteiger partial charge in [-0.1, -0.05) is 64.2 Å². The molecule has 120 valence electrons. The molecule has 2 amide bonds. The zero-order valence-electron chi connectivity index (χ0n) is 12.0. The van der Waals surface area contributed by atoms with Crippen LogP contribution in [0.2, 0.25) is 0 Å². The predicted octanol–water partition coefficient (Wildman–Crippen LogP) is 5.25. The van der Waals surface area contributed by atoms with E-state index >= 15 is 0 Å². The number of halogens is 2. The quantitative estimate of drug-likeness (QED) is 0.332. The molecule has 0 aromatic heterocycles. The van der Waals surface area contributed by atoms with E-state index in [1.54, 1.807) is 30.3 Å². The molecular weight excluding hydrogens is 474 g/mol. The van der Waals surface area contributed by atoms with E-state index in [9.17, 15) is 9.59 Å². The van der Waals surface area contributed by atoms with Gasteiger partial charge in [0.25, 0.3) is 11.8 Å². The van der Waals surface area contributed by atoms with Gasteiger partial charge in [-0.3, -0.25) is 9.59 Å². The van der Waals surface area contributed by atoms with Crippen molar-refractivity contribution in [3.8, 4) is 0 Å². The number of nitrogens with zero attached hydrogens (tertiary/aromatic N) is 1. The SMILES string of the molecule is O=C1/C(=C\c2ccc(Br)cc2)SC(=S)N1C(=O)c1ccccc1Br. The summed E-state index contributed by atoms with van der Waals surface area (Å²) < 4.78 is 1.82. The molecule has 1 fully saturated rings. The fourth-order valence-electron chi connectivity index (χ4n) is 2.11. The van der Waals surface area contributed by atoms with Gasteiger partial charge in [-0.25, -0.2) is 4.90 Å². The first-order chi connectivity index (χ1) is 11.5. The van der Waals surface area contributed by atoms with Crippen molar-refractivity contribution in [2.75, 3.05) is 0 Å². The summed E-state index contributed by atoms with van der Waals surface area (Å²) in [6, 6.07) is 14.5. The van der Waals surface area contributed by atoms with Crippen molar-refractivity contribution in [1.29, 1.82) is 0 Å². The molecule has 0 spiro atoms. The minimum absolute atomic E-state index is 0.240. The number of hydrogen-bond donors (Lipinski definition) is 0. The number of benzene rings is 2. The summed E-state index contributed by atoms with van der Waals surface area (Å²) in [5, 5.41) is 0. The third-order valence-corrected chi connectivity index (χ3v) is 5.79. The Morgan fingerprint density at radius 1 is 1.08 bits per heavy atom. The van der Waals surface area contributed by atoms with Gasteiger partial charge in [-0.05, 0) is 51.8 Å². The van der Waals surface area contributed by atoms with Crippen LogP contribution in [0.15, 0.2) is 62.4 Å².